The van der Waals surface area contributed by atoms with Gasteiger partial charge in [-0.2, -0.15) is 0 Å². The van der Waals surface area contributed by atoms with Gasteiger partial charge in [0.1, 0.15) is 11.6 Å². The number of phenolic OH excluding ortho intramolecular Hbond substituents is 1. The van der Waals surface area contributed by atoms with E-state index in [2.05, 4.69) is 31.9 Å². The van der Waals surface area contributed by atoms with Crippen LogP contribution in [0, 0.1) is 5.82 Å². The molecule has 0 saturated carbocycles. The Hall–Kier alpha value is -0.0900. The molecule has 11 heavy (non-hydrogen) atoms. The molecule has 0 amide bonds. The van der Waals surface area contributed by atoms with Crippen molar-refractivity contribution in [3.63, 3.8) is 0 Å². The Bertz CT molecular complexity index is 275. The van der Waals surface area contributed by atoms with Crippen LogP contribution in [0.25, 0.3) is 0 Å². The highest BCUT2D eigenvalue weighted by Gasteiger charge is 2.05. The van der Waals surface area contributed by atoms with Gasteiger partial charge in [0.25, 0.3) is 0 Å². The van der Waals surface area contributed by atoms with Gasteiger partial charge in [0.2, 0.25) is 0 Å². The Morgan fingerprint density at radius 2 is 2.09 bits per heavy atom. The van der Waals surface area contributed by atoms with Crippen LogP contribution in [0.15, 0.2) is 16.6 Å². The minimum absolute atomic E-state index is 0.0864. The summed E-state index contributed by atoms with van der Waals surface area (Å²) in [6, 6.07) is 2.51. The van der Waals surface area contributed by atoms with Crippen molar-refractivity contribution in [2.45, 2.75) is 5.33 Å². The van der Waals surface area contributed by atoms with Crippen molar-refractivity contribution in [2.24, 2.45) is 0 Å². The van der Waals surface area contributed by atoms with Crippen molar-refractivity contribution in [3.05, 3.63) is 28.0 Å². The maximum Gasteiger partial charge on any atom is 0.134 e. The van der Waals surface area contributed by atoms with Crippen LogP contribution in [0.2, 0.25) is 0 Å². The number of rotatable bonds is 1. The topological polar surface area (TPSA) is 20.2 Å². The van der Waals surface area contributed by atoms with Crippen LogP contribution < -0.4 is 0 Å². The fourth-order valence-corrected chi connectivity index (χ4v) is 1.62. The molecule has 0 saturated heterocycles. The van der Waals surface area contributed by atoms with E-state index in [9.17, 15) is 9.50 Å². The lowest BCUT2D eigenvalue weighted by molar-refractivity contribution is 0.464. The highest BCUT2D eigenvalue weighted by Crippen LogP contribution is 2.30. The molecular formula is C7H5Br2FO. The van der Waals surface area contributed by atoms with E-state index in [1.807, 2.05) is 0 Å². The second kappa shape index (κ2) is 3.54. The van der Waals surface area contributed by atoms with Crippen molar-refractivity contribution in [1.29, 1.82) is 0 Å². The summed E-state index contributed by atoms with van der Waals surface area (Å²) in [5.74, 6) is -0.271. The first-order valence-corrected chi connectivity index (χ1v) is 4.79. The molecule has 0 aliphatic heterocycles. The standard InChI is InChI=1S/C7H5Br2FO/c8-3-4-1-5(10)2-6(9)7(4)11/h1-2,11H,3H2. The Kier molecular flexibility index (Phi) is 2.90. The third kappa shape index (κ3) is 1.93. The van der Waals surface area contributed by atoms with Gasteiger partial charge in [-0.1, -0.05) is 15.9 Å². The van der Waals surface area contributed by atoms with Gasteiger partial charge in [-0.15, -0.1) is 0 Å². The van der Waals surface area contributed by atoms with Crippen molar-refractivity contribution >= 4 is 31.9 Å². The lowest BCUT2D eigenvalue weighted by Crippen LogP contribution is -1.83. The predicted molar refractivity (Wildman–Crippen MR) is 48.4 cm³/mol. The molecule has 0 spiro atoms. The molecule has 1 aromatic carbocycles. The van der Waals surface area contributed by atoms with Gasteiger partial charge in [-0.3, -0.25) is 0 Å². The van der Waals surface area contributed by atoms with Gasteiger partial charge in [-0.05, 0) is 28.1 Å². The Labute approximate surface area is 80.5 Å². The van der Waals surface area contributed by atoms with E-state index in [1.54, 1.807) is 0 Å². The van der Waals surface area contributed by atoms with Crippen LogP contribution in [-0.2, 0) is 5.33 Å². The van der Waals surface area contributed by atoms with Gasteiger partial charge >= 0.3 is 0 Å². The summed E-state index contributed by atoms with van der Waals surface area (Å²) in [4.78, 5) is 0. The van der Waals surface area contributed by atoms with Crippen molar-refractivity contribution < 1.29 is 9.50 Å². The molecule has 1 aromatic rings. The largest absolute Gasteiger partial charge is 0.506 e. The van der Waals surface area contributed by atoms with Gasteiger partial charge in [0, 0.05) is 10.9 Å². The van der Waals surface area contributed by atoms with E-state index in [-0.39, 0.29) is 11.6 Å². The Morgan fingerprint density at radius 1 is 1.45 bits per heavy atom. The number of hydrogen-bond donors (Lipinski definition) is 1. The molecule has 0 aliphatic carbocycles. The van der Waals surface area contributed by atoms with Gasteiger partial charge in [0.15, 0.2) is 0 Å². The zero-order valence-electron chi connectivity index (χ0n) is 5.44. The molecular weight excluding hydrogens is 279 g/mol. The van der Waals surface area contributed by atoms with Crippen molar-refractivity contribution in [3.8, 4) is 5.75 Å². The number of aromatic hydroxyl groups is 1. The first kappa shape index (κ1) is 9.00. The summed E-state index contributed by atoms with van der Waals surface area (Å²) >= 11 is 6.16. The average Bonchev–Trinajstić information content (AvgIpc) is 1.96. The van der Waals surface area contributed by atoms with Gasteiger partial charge in [-0.25, -0.2) is 4.39 Å². The van der Waals surface area contributed by atoms with Crippen LogP contribution in [0.5, 0.6) is 5.75 Å². The van der Waals surface area contributed by atoms with E-state index < -0.39 is 0 Å². The van der Waals surface area contributed by atoms with Gasteiger partial charge in [0.05, 0.1) is 4.47 Å². The number of halogens is 3. The molecule has 0 aliphatic rings. The Balaban J connectivity index is 3.24. The first-order chi connectivity index (χ1) is 5.15. The zero-order valence-corrected chi connectivity index (χ0v) is 8.61. The third-order valence-corrected chi connectivity index (χ3v) is 2.46. The highest BCUT2D eigenvalue weighted by molar-refractivity contribution is 9.10. The molecule has 0 heterocycles. The van der Waals surface area contributed by atoms with E-state index in [0.29, 0.717) is 15.4 Å². The third-order valence-electron chi connectivity index (χ3n) is 1.25. The molecule has 1 N–H and O–H groups in total. The maximum absolute atomic E-state index is 12.6. The van der Waals surface area contributed by atoms with Crippen molar-refractivity contribution in [1.82, 2.24) is 0 Å². The van der Waals surface area contributed by atoms with E-state index >= 15 is 0 Å². The van der Waals surface area contributed by atoms with Crippen LogP contribution in [0.1, 0.15) is 5.56 Å². The number of hydrogen-bond acceptors (Lipinski definition) is 1. The molecule has 0 aromatic heterocycles. The molecule has 0 atom stereocenters. The molecule has 4 heteroatoms. The number of phenols is 1. The lowest BCUT2D eigenvalue weighted by Gasteiger charge is -2.02. The fourth-order valence-electron chi connectivity index (χ4n) is 0.721. The summed E-state index contributed by atoms with van der Waals surface area (Å²) in [5, 5.41) is 9.72. The number of alkyl halides is 1. The van der Waals surface area contributed by atoms with Crippen LogP contribution in [0.4, 0.5) is 4.39 Å². The summed E-state index contributed by atoms with van der Waals surface area (Å²) in [7, 11) is 0. The summed E-state index contributed by atoms with van der Waals surface area (Å²) in [6.07, 6.45) is 0. The molecule has 0 radical (unpaired) electrons. The SMILES string of the molecule is Oc1c(Br)cc(F)cc1CBr. The predicted octanol–water partition coefficient (Wildman–Crippen LogP) is 3.19. The number of benzene rings is 1. The molecule has 0 fully saturated rings. The van der Waals surface area contributed by atoms with E-state index in [0.717, 1.165) is 0 Å². The highest BCUT2D eigenvalue weighted by atomic mass is 79.9. The summed E-state index contributed by atoms with van der Waals surface area (Å²) < 4.78 is 13.0. The molecule has 0 bridgehead atoms. The molecule has 60 valence electrons. The molecule has 1 rings (SSSR count). The Morgan fingerprint density at radius 3 is 2.64 bits per heavy atom. The molecule has 1 nitrogen and oxygen atoms in total. The molecule has 0 unspecified atom stereocenters. The zero-order chi connectivity index (χ0) is 8.43. The smallest absolute Gasteiger partial charge is 0.134 e. The minimum Gasteiger partial charge on any atom is -0.506 e. The van der Waals surface area contributed by atoms with Crippen molar-refractivity contribution in [2.75, 3.05) is 0 Å². The minimum atomic E-state index is -0.357. The monoisotopic (exact) mass is 282 g/mol. The maximum atomic E-state index is 12.6. The van der Waals surface area contributed by atoms with Crippen LogP contribution in [0.3, 0.4) is 0 Å². The summed E-state index contributed by atoms with van der Waals surface area (Å²) in [5.41, 5.74) is 0.539. The normalized spacial score (nSPS) is 10.1. The quantitative estimate of drug-likeness (QED) is 0.785. The van der Waals surface area contributed by atoms with Gasteiger partial charge < -0.3 is 5.11 Å². The second-order valence-electron chi connectivity index (χ2n) is 2.03. The first-order valence-electron chi connectivity index (χ1n) is 2.88. The second-order valence-corrected chi connectivity index (χ2v) is 3.44. The van der Waals surface area contributed by atoms with Crippen LogP contribution >= 0.6 is 31.9 Å². The fraction of sp³-hybridized carbons (Fsp3) is 0.143. The lowest BCUT2D eigenvalue weighted by atomic mass is 10.2. The van der Waals surface area contributed by atoms with E-state index in [4.69, 9.17) is 0 Å². The van der Waals surface area contributed by atoms with Crippen LogP contribution in [-0.4, -0.2) is 5.11 Å². The summed E-state index contributed by atoms with van der Waals surface area (Å²) in [6.45, 7) is 0. The average molecular weight is 284 g/mol. The van der Waals surface area contributed by atoms with E-state index in [1.165, 1.54) is 12.1 Å².